The zero-order chi connectivity index (χ0) is 12.7. The van der Waals surface area contributed by atoms with Gasteiger partial charge in [-0.15, -0.1) is 12.4 Å². The number of rotatable bonds is 0. The maximum atomic E-state index is 4.41. The predicted molar refractivity (Wildman–Crippen MR) is 80.8 cm³/mol. The summed E-state index contributed by atoms with van der Waals surface area (Å²) in [6, 6.07) is 0. The molecule has 0 amide bonds. The zero-order valence-electron chi connectivity index (χ0n) is 12.4. The van der Waals surface area contributed by atoms with Crippen LogP contribution in [0.1, 0.15) is 0 Å². The first-order valence-electron chi connectivity index (χ1n) is 6.94. The van der Waals surface area contributed by atoms with Crippen LogP contribution in [-0.4, -0.2) is 98.0 Å². The van der Waals surface area contributed by atoms with Crippen LogP contribution in [-0.2, 0) is 21.1 Å². The number of hydrogen-bond acceptors (Lipinski definition) is 2. The molecule has 0 aromatic heterocycles. The van der Waals surface area contributed by atoms with E-state index in [9.17, 15) is 0 Å². The summed E-state index contributed by atoms with van der Waals surface area (Å²) < 4.78 is 17.6. The molecule has 1 saturated heterocycles. The Morgan fingerprint density at radius 2 is 0.714 bits per heavy atom. The largest absolute Gasteiger partial charge is 4.00 e. The van der Waals surface area contributed by atoms with Crippen LogP contribution >= 0.6 is 12.4 Å². The Labute approximate surface area is 154 Å². The van der Waals surface area contributed by atoms with E-state index in [-0.39, 0.29) is 45.9 Å². The molecule has 1 aliphatic heterocycles. The van der Waals surface area contributed by atoms with Crippen LogP contribution < -0.4 is 23.0 Å². The van der Waals surface area contributed by atoms with Gasteiger partial charge in [0, 0.05) is 0 Å². The Bertz CT molecular complexity index is 112. The maximum absolute atomic E-state index is 4.41. The molecule has 0 radical (unpaired) electrons. The van der Waals surface area contributed by atoms with Gasteiger partial charge in [-0.1, -0.05) is 0 Å². The van der Waals surface area contributed by atoms with Crippen molar-refractivity contribution < 1.29 is 52.4 Å². The molecule has 21 heavy (non-hydrogen) atoms. The normalized spacial score (nSPS) is 20.6. The predicted octanol–water partition coefficient (Wildman–Crippen LogP) is -5.29. The molecule has 130 valence electrons. The molecule has 0 aromatic rings. The van der Waals surface area contributed by atoms with Crippen molar-refractivity contribution >= 4 is 12.4 Å². The van der Waals surface area contributed by atoms with Crippen LogP contribution in [0.4, 0.5) is 0 Å². The molecule has 6 N–H and O–H groups in total. The van der Waals surface area contributed by atoms with Gasteiger partial charge in [0.2, 0.25) is 26.4 Å². The molecule has 0 saturated carbocycles. The fourth-order valence-corrected chi connectivity index (χ4v) is 1.61. The van der Waals surface area contributed by atoms with Crippen LogP contribution in [0, 0.1) is 0 Å². The number of halogens is 2. The van der Waals surface area contributed by atoms with Gasteiger partial charge in [0.25, 0.3) is 0 Å². The second-order valence-electron chi connectivity index (χ2n) is 4.18. The second-order valence-corrected chi connectivity index (χ2v) is 4.18. The summed E-state index contributed by atoms with van der Waals surface area (Å²) in [5.74, 6) is 0. The Hall–Kier alpha value is 1.03. The second kappa shape index (κ2) is 23.3. The first-order valence-corrected chi connectivity index (χ1v) is 6.94. The first kappa shape index (κ1) is 26.9. The topological polar surface area (TPSA) is 75.3 Å². The summed E-state index contributed by atoms with van der Waals surface area (Å²) in [6.45, 7) is 10.7. The third-order valence-corrected chi connectivity index (χ3v) is 2.62. The van der Waals surface area contributed by atoms with Crippen LogP contribution in [0.2, 0.25) is 0 Å². The van der Waals surface area contributed by atoms with Gasteiger partial charge in [-0.3, -0.25) is 0 Å². The first-order chi connectivity index (χ1) is 9.00. The molecular formula is C12H31Cl2N2O4Pt+7. The Kier molecular flexibility index (Phi) is 29.8. The third-order valence-electron chi connectivity index (χ3n) is 2.62. The van der Waals surface area contributed by atoms with Crippen LogP contribution in [0.3, 0.4) is 0 Å². The summed E-state index contributed by atoms with van der Waals surface area (Å²) in [4.78, 5) is 0. The molecule has 0 spiro atoms. The molecule has 1 fully saturated rings. The zero-order valence-corrected chi connectivity index (χ0v) is 16.2. The van der Waals surface area contributed by atoms with Crippen molar-refractivity contribution in [2.75, 3.05) is 79.0 Å². The fourth-order valence-electron chi connectivity index (χ4n) is 1.61. The van der Waals surface area contributed by atoms with Crippen molar-refractivity contribution in [3.63, 3.8) is 0 Å². The van der Waals surface area contributed by atoms with E-state index in [0.29, 0.717) is 0 Å². The average Bonchev–Trinajstić information content (AvgIpc) is 2.39. The molecule has 0 atom stereocenters. The minimum absolute atomic E-state index is 0. The van der Waals surface area contributed by atoms with E-state index in [0.717, 1.165) is 79.0 Å². The van der Waals surface area contributed by atoms with Gasteiger partial charge in [0.1, 0.15) is 0 Å². The standard InChI is InChI=1S/C12H26N2O4.2ClH.Pt/c1-5-15-9-10-17-7-3-14-4-8-18-12-11-16-6-2-13-1;;;/h13-14H,1-12H2;2*1H;/q;;;+4/p+3. The third kappa shape index (κ3) is 21.0. The Morgan fingerprint density at radius 3 is 0.952 bits per heavy atom. The molecule has 1 heterocycles. The van der Waals surface area contributed by atoms with E-state index >= 15 is 0 Å². The Balaban J connectivity index is -0.00000108. The number of hydrogen-bond donors (Lipinski definition) is 2. The van der Waals surface area contributed by atoms with E-state index in [1.807, 2.05) is 0 Å². The summed E-state index contributed by atoms with van der Waals surface area (Å²) in [6.07, 6.45) is 0. The van der Waals surface area contributed by atoms with Crippen molar-refractivity contribution in [3.05, 3.63) is 0 Å². The summed E-state index contributed by atoms with van der Waals surface area (Å²) in [5, 5.41) is 6.66. The average molecular weight is 533 g/mol. The van der Waals surface area contributed by atoms with E-state index in [2.05, 4.69) is 29.6 Å². The van der Waals surface area contributed by atoms with Crippen LogP contribution in [0.5, 0.6) is 0 Å². The van der Waals surface area contributed by atoms with Crippen LogP contribution in [0.15, 0.2) is 0 Å². The van der Waals surface area contributed by atoms with Gasteiger partial charge in [-0.05, 0) is 0 Å². The SMILES string of the molecule is C1C[OH+]CC[OH+]CCNCC[OH+]CC[OH+]CCN1.Cl.[Cl-].[Pt+4]. The molecule has 0 bridgehead atoms. The smallest absolute Gasteiger partial charge is 1.00 e. The van der Waals surface area contributed by atoms with Gasteiger partial charge in [-0.2, -0.15) is 0 Å². The summed E-state index contributed by atoms with van der Waals surface area (Å²) >= 11 is 0. The minimum Gasteiger partial charge on any atom is -1.00 e. The van der Waals surface area contributed by atoms with Crippen molar-refractivity contribution in [2.24, 2.45) is 0 Å². The van der Waals surface area contributed by atoms with Gasteiger partial charge in [-0.25, -0.2) is 0 Å². The molecule has 1 rings (SSSR count). The van der Waals surface area contributed by atoms with Crippen molar-refractivity contribution in [1.82, 2.24) is 10.6 Å². The van der Waals surface area contributed by atoms with E-state index in [4.69, 9.17) is 0 Å². The van der Waals surface area contributed by atoms with Gasteiger partial charge in [0.05, 0.1) is 26.2 Å². The molecule has 0 aromatic carbocycles. The molecule has 0 unspecified atom stereocenters. The Morgan fingerprint density at radius 1 is 0.476 bits per heavy atom. The number of nitrogens with one attached hydrogen (secondary N) is 2. The van der Waals surface area contributed by atoms with E-state index in [1.165, 1.54) is 0 Å². The molecule has 1 aliphatic rings. The number of ether oxygens (including phenoxy) is 4. The van der Waals surface area contributed by atoms with Gasteiger partial charge in [0.15, 0.2) is 26.4 Å². The number of aliphatic hydroxyl groups is 8. The van der Waals surface area contributed by atoms with Crippen molar-refractivity contribution in [3.8, 4) is 0 Å². The molecule has 6 nitrogen and oxygen atoms in total. The summed E-state index contributed by atoms with van der Waals surface area (Å²) in [5.41, 5.74) is 0. The maximum Gasteiger partial charge on any atom is 4.00 e. The molecule has 9 heteroatoms. The van der Waals surface area contributed by atoms with Crippen molar-refractivity contribution in [2.45, 2.75) is 0 Å². The fraction of sp³-hybridized carbons (Fsp3) is 1.00. The quantitative estimate of drug-likeness (QED) is 0.306. The molecular weight excluding hydrogens is 502 g/mol. The molecule has 0 aliphatic carbocycles. The minimum atomic E-state index is 0. The van der Waals surface area contributed by atoms with Crippen LogP contribution in [0.25, 0.3) is 0 Å². The van der Waals surface area contributed by atoms with Crippen molar-refractivity contribution in [1.29, 1.82) is 0 Å². The van der Waals surface area contributed by atoms with E-state index in [1.54, 1.807) is 0 Å². The monoisotopic (exact) mass is 532 g/mol. The summed E-state index contributed by atoms with van der Waals surface area (Å²) in [7, 11) is 0. The van der Waals surface area contributed by atoms with E-state index < -0.39 is 0 Å². The van der Waals surface area contributed by atoms with Gasteiger partial charge >= 0.3 is 21.1 Å². The van der Waals surface area contributed by atoms with Gasteiger partial charge < -0.3 is 42.0 Å².